The molecule has 114 valence electrons. The molecule has 1 N–H and O–H groups in total. The Morgan fingerprint density at radius 1 is 0.952 bits per heavy atom. The SMILES string of the molecule is Cc1c(C(C)NC(C)c2ccc(C(C)C)cc2)cnn1C. The van der Waals surface area contributed by atoms with Crippen LogP contribution in [0.2, 0.25) is 0 Å². The van der Waals surface area contributed by atoms with E-state index >= 15 is 0 Å². The number of nitrogens with zero attached hydrogens (tertiary/aromatic N) is 2. The summed E-state index contributed by atoms with van der Waals surface area (Å²) < 4.78 is 1.93. The molecule has 1 heterocycles. The lowest BCUT2D eigenvalue weighted by atomic mass is 9.99. The Morgan fingerprint density at radius 2 is 1.52 bits per heavy atom. The lowest BCUT2D eigenvalue weighted by molar-refractivity contribution is 0.492. The standard InChI is InChI=1S/C18H27N3/c1-12(2)16-7-9-17(10-8-16)13(3)20-14(4)18-11-19-21(6)15(18)5/h7-14,20H,1-6H3. The van der Waals surface area contributed by atoms with Crippen LogP contribution in [-0.2, 0) is 7.05 Å². The first-order valence-electron chi connectivity index (χ1n) is 7.74. The fourth-order valence-electron chi connectivity index (χ4n) is 2.67. The van der Waals surface area contributed by atoms with Gasteiger partial charge in [-0.3, -0.25) is 4.68 Å². The molecule has 0 spiro atoms. The number of hydrogen-bond donors (Lipinski definition) is 1. The van der Waals surface area contributed by atoms with Crippen LogP contribution in [0.5, 0.6) is 0 Å². The van der Waals surface area contributed by atoms with Crippen molar-refractivity contribution in [2.45, 2.75) is 52.6 Å². The maximum atomic E-state index is 4.32. The van der Waals surface area contributed by atoms with Gasteiger partial charge < -0.3 is 5.32 Å². The van der Waals surface area contributed by atoms with Gasteiger partial charge in [-0.1, -0.05) is 38.1 Å². The maximum Gasteiger partial charge on any atom is 0.0540 e. The zero-order valence-electron chi connectivity index (χ0n) is 14.0. The Hall–Kier alpha value is -1.61. The Balaban J connectivity index is 2.06. The van der Waals surface area contributed by atoms with Crippen LogP contribution in [0.15, 0.2) is 30.5 Å². The van der Waals surface area contributed by atoms with Crippen LogP contribution in [-0.4, -0.2) is 9.78 Å². The molecule has 0 saturated carbocycles. The van der Waals surface area contributed by atoms with E-state index in [1.54, 1.807) is 0 Å². The molecule has 0 aliphatic rings. The van der Waals surface area contributed by atoms with Gasteiger partial charge in [0.1, 0.15) is 0 Å². The monoisotopic (exact) mass is 285 g/mol. The van der Waals surface area contributed by atoms with Gasteiger partial charge in [-0.05, 0) is 37.8 Å². The maximum absolute atomic E-state index is 4.32. The van der Waals surface area contributed by atoms with Gasteiger partial charge >= 0.3 is 0 Å². The molecule has 3 nitrogen and oxygen atoms in total. The Labute approximate surface area is 128 Å². The molecule has 1 aromatic heterocycles. The minimum Gasteiger partial charge on any atom is -0.304 e. The summed E-state index contributed by atoms with van der Waals surface area (Å²) in [6.07, 6.45) is 1.96. The average Bonchev–Trinajstić information content (AvgIpc) is 2.79. The largest absolute Gasteiger partial charge is 0.304 e. The number of benzene rings is 1. The summed E-state index contributed by atoms with van der Waals surface area (Å²) in [4.78, 5) is 0. The summed E-state index contributed by atoms with van der Waals surface area (Å²) in [6.45, 7) is 11.0. The van der Waals surface area contributed by atoms with Gasteiger partial charge in [0.15, 0.2) is 0 Å². The van der Waals surface area contributed by atoms with Crippen LogP contribution >= 0.6 is 0 Å². The molecule has 2 atom stereocenters. The fourth-order valence-corrected chi connectivity index (χ4v) is 2.67. The van der Waals surface area contributed by atoms with E-state index in [1.165, 1.54) is 22.4 Å². The molecule has 2 aromatic rings. The third-order valence-electron chi connectivity index (χ3n) is 4.34. The van der Waals surface area contributed by atoms with E-state index in [-0.39, 0.29) is 0 Å². The smallest absolute Gasteiger partial charge is 0.0540 e. The van der Waals surface area contributed by atoms with Crippen LogP contribution in [0.3, 0.4) is 0 Å². The van der Waals surface area contributed by atoms with Crippen LogP contribution in [0.25, 0.3) is 0 Å². The van der Waals surface area contributed by atoms with E-state index in [4.69, 9.17) is 0 Å². The second-order valence-corrected chi connectivity index (χ2v) is 6.24. The summed E-state index contributed by atoms with van der Waals surface area (Å²) in [7, 11) is 1.99. The van der Waals surface area contributed by atoms with E-state index in [0.717, 1.165) is 0 Å². The van der Waals surface area contributed by atoms with Gasteiger partial charge in [0.25, 0.3) is 0 Å². The molecule has 0 amide bonds. The second-order valence-electron chi connectivity index (χ2n) is 6.24. The molecular formula is C18H27N3. The van der Waals surface area contributed by atoms with Crippen LogP contribution < -0.4 is 5.32 Å². The highest BCUT2D eigenvalue weighted by molar-refractivity contribution is 5.27. The van der Waals surface area contributed by atoms with Crippen molar-refractivity contribution in [3.05, 3.63) is 52.8 Å². The van der Waals surface area contributed by atoms with Crippen LogP contribution in [0.4, 0.5) is 0 Å². The Morgan fingerprint density at radius 3 is 2.00 bits per heavy atom. The van der Waals surface area contributed by atoms with Crippen molar-refractivity contribution >= 4 is 0 Å². The summed E-state index contributed by atoms with van der Waals surface area (Å²) >= 11 is 0. The number of hydrogen-bond acceptors (Lipinski definition) is 2. The zero-order chi connectivity index (χ0) is 15.6. The molecule has 2 unspecified atom stereocenters. The van der Waals surface area contributed by atoms with E-state index in [2.05, 4.69) is 69.3 Å². The van der Waals surface area contributed by atoms with Gasteiger partial charge in [0, 0.05) is 30.4 Å². The van der Waals surface area contributed by atoms with Gasteiger partial charge in [0.05, 0.1) is 6.20 Å². The molecular weight excluding hydrogens is 258 g/mol. The normalized spacial score (nSPS) is 14.4. The molecule has 0 radical (unpaired) electrons. The Kier molecular flexibility index (Phi) is 4.84. The van der Waals surface area contributed by atoms with Crippen molar-refractivity contribution in [1.29, 1.82) is 0 Å². The van der Waals surface area contributed by atoms with Crippen LogP contribution in [0, 0.1) is 6.92 Å². The van der Waals surface area contributed by atoms with Crippen molar-refractivity contribution in [1.82, 2.24) is 15.1 Å². The predicted octanol–water partition coefficient (Wildman–Crippen LogP) is 4.26. The molecule has 0 fully saturated rings. The number of aromatic nitrogens is 2. The van der Waals surface area contributed by atoms with Crippen molar-refractivity contribution in [2.75, 3.05) is 0 Å². The highest BCUT2D eigenvalue weighted by Gasteiger charge is 2.15. The first-order valence-corrected chi connectivity index (χ1v) is 7.74. The molecule has 0 aliphatic heterocycles. The quantitative estimate of drug-likeness (QED) is 0.889. The predicted molar refractivity (Wildman–Crippen MR) is 88.4 cm³/mol. The fraction of sp³-hybridized carbons (Fsp3) is 0.500. The van der Waals surface area contributed by atoms with Gasteiger partial charge in [-0.2, -0.15) is 5.10 Å². The molecule has 0 bridgehead atoms. The highest BCUT2D eigenvalue weighted by Crippen LogP contribution is 2.23. The van der Waals surface area contributed by atoms with Crippen molar-refractivity contribution in [3.8, 4) is 0 Å². The van der Waals surface area contributed by atoms with E-state index in [1.807, 2.05) is 17.9 Å². The lowest BCUT2D eigenvalue weighted by Crippen LogP contribution is -2.22. The van der Waals surface area contributed by atoms with E-state index in [0.29, 0.717) is 18.0 Å². The molecule has 0 aliphatic carbocycles. The third kappa shape index (κ3) is 3.53. The van der Waals surface area contributed by atoms with E-state index < -0.39 is 0 Å². The summed E-state index contributed by atoms with van der Waals surface area (Å²) in [5, 5.41) is 7.99. The molecule has 1 aromatic carbocycles. The Bertz CT molecular complexity index is 581. The lowest BCUT2D eigenvalue weighted by Gasteiger charge is -2.21. The summed E-state index contributed by atoms with van der Waals surface area (Å²) in [5.41, 5.74) is 5.20. The first-order chi connectivity index (χ1) is 9.90. The number of rotatable bonds is 5. The van der Waals surface area contributed by atoms with Gasteiger partial charge in [-0.15, -0.1) is 0 Å². The first kappa shape index (κ1) is 15.8. The zero-order valence-corrected chi connectivity index (χ0v) is 14.0. The van der Waals surface area contributed by atoms with Crippen LogP contribution in [0.1, 0.15) is 68.1 Å². The number of aryl methyl sites for hydroxylation is 1. The van der Waals surface area contributed by atoms with Crippen molar-refractivity contribution in [3.63, 3.8) is 0 Å². The van der Waals surface area contributed by atoms with Crippen molar-refractivity contribution in [2.24, 2.45) is 7.05 Å². The highest BCUT2D eigenvalue weighted by atomic mass is 15.3. The summed E-state index contributed by atoms with van der Waals surface area (Å²) in [5.74, 6) is 0.583. The number of nitrogens with one attached hydrogen (secondary N) is 1. The van der Waals surface area contributed by atoms with Gasteiger partial charge in [-0.25, -0.2) is 0 Å². The molecule has 0 saturated heterocycles. The third-order valence-corrected chi connectivity index (χ3v) is 4.34. The van der Waals surface area contributed by atoms with Crippen molar-refractivity contribution < 1.29 is 0 Å². The molecule has 3 heteroatoms. The summed E-state index contributed by atoms with van der Waals surface area (Å²) in [6, 6.07) is 9.54. The molecule has 21 heavy (non-hydrogen) atoms. The van der Waals surface area contributed by atoms with E-state index in [9.17, 15) is 0 Å². The van der Waals surface area contributed by atoms with Gasteiger partial charge in [0.2, 0.25) is 0 Å². The minimum absolute atomic E-state index is 0.290. The topological polar surface area (TPSA) is 29.9 Å². The second kappa shape index (κ2) is 6.44. The average molecular weight is 285 g/mol. The molecule has 2 rings (SSSR count). The minimum atomic E-state index is 0.290.